The molecule has 1 aromatic carbocycles. The number of aromatic nitrogens is 3. The van der Waals surface area contributed by atoms with Crippen molar-refractivity contribution in [3.8, 4) is 16.9 Å². The first-order valence-electron chi connectivity index (χ1n) is 8.00. The second kappa shape index (κ2) is 6.83. The van der Waals surface area contributed by atoms with Gasteiger partial charge in [0.15, 0.2) is 0 Å². The van der Waals surface area contributed by atoms with Crippen molar-refractivity contribution in [1.29, 1.82) is 0 Å². The molecular weight excluding hydrogens is 336 g/mol. The van der Waals surface area contributed by atoms with Crippen LogP contribution in [-0.2, 0) is 4.74 Å². The van der Waals surface area contributed by atoms with Crippen molar-refractivity contribution in [2.24, 2.45) is 0 Å². The number of fused-ring (bicyclic) bond motifs is 1. The van der Waals surface area contributed by atoms with E-state index in [1.54, 1.807) is 35.0 Å². The van der Waals surface area contributed by atoms with E-state index in [0.29, 0.717) is 11.3 Å². The highest BCUT2D eigenvalue weighted by Crippen LogP contribution is 2.23. The van der Waals surface area contributed by atoms with Gasteiger partial charge in [-0.15, -0.1) is 0 Å². The number of esters is 1. The van der Waals surface area contributed by atoms with E-state index in [9.17, 15) is 14.4 Å². The molecule has 8 nitrogen and oxygen atoms in total. The minimum Gasteiger partial charge on any atom is -0.465 e. The van der Waals surface area contributed by atoms with E-state index < -0.39 is 11.5 Å². The molecule has 0 saturated carbocycles. The molecule has 2 N–H and O–H groups in total. The smallest absolute Gasteiger partial charge is 0.341 e. The summed E-state index contributed by atoms with van der Waals surface area (Å²) in [6, 6.07) is 6.85. The fraction of sp³-hybridized carbons (Fsp3) is 0.222. The summed E-state index contributed by atoms with van der Waals surface area (Å²) in [4.78, 5) is 36.0. The molecule has 0 radical (unpaired) electrons. The normalized spacial score (nSPS) is 10.9. The number of carbonyl (C=O) groups excluding carboxylic acids is 2. The molecular formula is C18H18N4O4. The van der Waals surface area contributed by atoms with Crippen LogP contribution in [0.1, 0.15) is 34.6 Å². The van der Waals surface area contributed by atoms with Gasteiger partial charge in [-0.1, -0.05) is 0 Å². The molecule has 1 amide bonds. The molecule has 8 heteroatoms. The minimum absolute atomic E-state index is 0.0399. The maximum atomic E-state index is 12.0. The maximum absolute atomic E-state index is 12.0. The van der Waals surface area contributed by atoms with Gasteiger partial charge in [0.1, 0.15) is 11.3 Å². The van der Waals surface area contributed by atoms with Crippen LogP contribution >= 0.6 is 0 Å². The van der Waals surface area contributed by atoms with Crippen LogP contribution in [0.25, 0.3) is 16.9 Å². The first-order valence-corrected chi connectivity index (χ1v) is 8.00. The van der Waals surface area contributed by atoms with Crippen molar-refractivity contribution >= 4 is 11.9 Å². The Balaban J connectivity index is 2.04. The summed E-state index contributed by atoms with van der Waals surface area (Å²) >= 11 is 0. The Bertz CT molecular complexity index is 985. The van der Waals surface area contributed by atoms with Crippen molar-refractivity contribution in [2.75, 3.05) is 7.11 Å². The molecule has 0 aromatic heterocycles. The maximum Gasteiger partial charge on any atom is 0.341 e. The molecule has 0 aliphatic carbocycles. The monoisotopic (exact) mass is 354 g/mol. The number of carbonyl (C=O) groups is 2. The highest BCUT2D eigenvalue weighted by molar-refractivity contribution is 5.96. The van der Waals surface area contributed by atoms with Gasteiger partial charge in [0.25, 0.3) is 11.5 Å². The van der Waals surface area contributed by atoms with Crippen molar-refractivity contribution in [1.82, 2.24) is 20.1 Å². The standard InChI is InChI=1S/C18H18N4O4/c1-10(2)19-16(23)11-4-6-12(7-5-11)22-8-13-15(20-21-17(13)24)14(9-22)18(25)26-3/h4-10H,1-3H3,(H,19,23)(H,21,24). The quantitative estimate of drug-likeness (QED) is 0.692. The number of methoxy groups -OCH3 is 1. The topological polar surface area (TPSA) is 106 Å². The van der Waals surface area contributed by atoms with E-state index in [0.717, 1.165) is 0 Å². The van der Waals surface area contributed by atoms with E-state index in [4.69, 9.17) is 4.74 Å². The second-order valence-corrected chi connectivity index (χ2v) is 6.06. The van der Waals surface area contributed by atoms with Crippen LogP contribution in [0.3, 0.4) is 0 Å². The molecule has 0 unspecified atom stereocenters. The van der Waals surface area contributed by atoms with Crippen molar-refractivity contribution < 1.29 is 14.3 Å². The van der Waals surface area contributed by atoms with Gasteiger partial charge in [0.2, 0.25) is 0 Å². The Kier molecular flexibility index (Phi) is 4.57. The molecule has 0 bridgehead atoms. The van der Waals surface area contributed by atoms with Gasteiger partial charge in [-0.2, -0.15) is 5.10 Å². The molecule has 0 saturated heterocycles. The average Bonchev–Trinajstić information content (AvgIpc) is 3.01. The van der Waals surface area contributed by atoms with E-state index in [2.05, 4.69) is 15.5 Å². The van der Waals surface area contributed by atoms with E-state index in [1.165, 1.54) is 13.3 Å². The number of H-pyrrole nitrogens is 1. The number of hydrogen-bond acceptors (Lipinski definition) is 5. The molecule has 1 aromatic rings. The number of pyridine rings is 1. The fourth-order valence-corrected chi connectivity index (χ4v) is 2.58. The largest absolute Gasteiger partial charge is 0.465 e. The van der Waals surface area contributed by atoms with Gasteiger partial charge in [-0.05, 0) is 38.1 Å². The molecule has 2 aliphatic rings. The van der Waals surface area contributed by atoms with E-state index in [-0.39, 0.29) is 28.8 Å². The zero-order valence-corrected chi connectivity index (χ0v) is 14.6. The summed E-state index contributed by atoms with van der Waals surface area (Å²) < 4.78 is 6.39. The lowest BCUT2D eigenvalue weighted by atomic mass is 10.1. The summed E-state index contributed by atoms with van der Waals surface area (Å²) in [5.41, 5.74) is 1.50. The molecule has 134 valence electrons. The number of nitrogens with zero attached hydrogens (tertiary/aromatic N) is 2. The third kappa shape index (κ3) is 3.21. The van der Waals surface area contributed by atoms with Crippen LogP contribution in [0, 0.1) is 0 Å². The van der Waals surface area contributed by atoms with Gasteiger partial charge < -0.3 is 14.6 Å². The second-order valence-electron chi connectivity index (χ2n) is 6.06. The summed E-state index contributed by atoms with van der Waals surface area (Å²) in [6.07, 6.45) is 3.12. The Hall–Kier alpha value is -3.42. The SMILES string of the molecule is COC(=O)c1cn(-c2ccc(C(=O)NC(C)C)cc2)cc2c(=O)[nH]nc1-2. The summed E-state index contributed by atoms with van der Waals surface area (Å²) in [5, 5.41) is 9.04. The zero-order valence-electron chi connectivity index (χ0n) is 14.6. The van der Waals surface area contributed by atoms with Crippen molar-refractivity contribution in [3.63, 3.8) is 0 Å². The van der Waals surface area contributed by atoms with Crippen LogP contribution in [0.2, 0.25) is 0 Å². The number of hydrogen-bond donors (Lipinski definition) is 2. The van der Waals surface area contributed by atoms with Crippen molar-refractivity contribution in [2.45, 2.75) is 19.9 Å². The third-order valence-corrected chi connectivity index (χ3v) is 3.81. The summed E-state index contributed by atoms with van der Waals surface area (Å²) in [5.74, 6) is -0.761. The summed E-state index contributed by atoms with van der Waals surface area (Å²) in [6.45, 7) is 3.77. The van der Waals surface area contributed by atoms with Crippen LogP contribution < -0.4 is 10.9 Å². The Morgan fingerprint density at radius 2 is 1.88 bits per heavy atom. The average molecular weight is 354 g/mol. The van der Waals surface area contributed by atoms with Gasteiger partial charge in [-0.3, -0.25) is 9.59 Å². The van der Waals surface area contributed by atoms with E-state index >= 15 is 0 Å². The molecule has 2 aliphatic heterocycles. The lowest BCUT2D eigenvalue weighted by molar-refractivity contribution is 0.0600. The van der Waals surface area contributed by atoms with Crippen LogP contribution in [0.5, 0.6) is 0 Å². The number of benzene rings is 1. The Labute approximate surface area is 149 Å². The summed E-state index contributed by atoms with van der Waals surface area (Å²) in [7, 11) is 1.26. The van der Waals surface area contributed by atoms with Crippen LogP contribution in [0.15, 0.2) is 41.5 Å². The number of ether oxygens (including phenoxy) is 1. The van der Waals surface area contributed by atoms with Gasteiger partial charge >= 0.3 is 5.97 Å². The number of nitrogens with one attached hydrogen (secondary N) is 2. The van der Waals surface area contributed by atoms with Gasteiger partial charge in [0.05, 0.1) is 12.7 Å². The lowest BCUT2D eigenvalue weighted by Crippen LogP contribution is -2.29. The minimum atomic E-state index is -0.594. The predicted octanol–water partition coefficient (Wildman–Crippen LogP) is 1.59. The predicted molar refractivity (Wildman–Crippen MR) is 94.7 cm³/mol. The van der Waals surface area contributed by atoms with Crippen LogP contribution in [0.4, 0.5) is 0 Å². The highest BCUT2D eigenvalue weighted by Gasteiger charge is 2.22. The molecule has 26 heavy (non-hydrogen) atoms. The molecule has 3 rings (SSSR count). The Morgan fingerprint density at radius 3 is 2.50 bits per heavy atom. The van der Waals surface area contributed by atoms with E-state index in [1.807, 2.05) is 13.8 Å². The molecule has 0 atom stereocenters. The van der Waals surface area contributed by atoms with Gasteiger partial charge in [0, 0.05) is 29.7 Å². The third-order valence-electron chi connectivity index (χ3n) is 3.81. The highest BCUT2D eigenvalue weighted by atomic mass is 16.5. The van der Waals surface area contributed by atoms with Crippen LogP contribution in [-0.4, -0.2) is 39.8 Å². The number of aromatic amines is 1. The number of rotatable bonds is 4. The first kappa shape index (κ1) is 17.4. The Morgan fingerprint density at radius 1 is 1.19 bits per heavy atom. The zero-order chi connectivity index (χ0) is 18.8. The molecule has 0 spiro atoms. The first-order chi connectivity index (χ1) is 12.4. The lowest BCUT2D eigenvalue weighted by Gasteiger charge is -2.13. The molecule has 0 fully saturated rings. The fourth-order valence-electron chi connectivity index (χ4n) is 2.58. The van der Waals surface area contributed by atoms with Crippen molar-refractivity contribution in [3.05, 3.63) is 58.1 Å². The number of amides is 1. The van der Waals surface area contributed by atoms with Gasteiger partial charge in [-0.25, -0.2) is 9.89 Å². The molecule has 2 heterocycles.